The van der Waals surface area contributed by atoms with Crippen molar-refractivity contribution < 1.29 is 13.2 Å². The topological polar surface area (TPSA) is 75.9 Å². The summed E-state index contributed by atoms with van der Waals surface area (Å²) < 4.78 is 40.1. The Balaban J connectivity index is 1.42. The summed E-state index contributed by atoms with van der Waals surface area (Å²) in [4.78, 5) is 11.4. The number of piperazine rings is 1. The molecule has 1 aliphatic rings. The van der Waals surface area contributed by atoms with Crippen molar-refractivity contribution >= 4 is 11.8 Å². The van der Waals surface area contributed by atoms with Crippen LogP contribution in [0.25, 0.3) is 5.82 Å². The van der Waals surface area contributed by atoms with E-state index in [0.717, 1.165) is 12.3 Å². The standard InChI is InChI=1S/C16H15F3N8/c17-16(18,19)12-4-6-20-15(22-12)26-10-8-25(9-11-26)13-2-3-14(24-23-13)27-7-1-5-21-27/h1-7H,8-11H2. The molecule has 3 aromatic heterocycles. The Morgan fingerprint density at radius 3 is 2.19 bits per heavy atom. The monoisotopic (exact) mass is 376 g/mol. The van der Waals surface area contributed by atoms with Crippen LogP contribution in [0.15, 0.2) is 42.9 Å². The van der Waals surface area contributed by atoms with Crippen LogP contribution in [-0.4, -0.2) is 56.1 Å². The Hall–Kier alpha value is -3.24. The molecule has 0 atom stereocenters. The van der Waals surface area contributed by atoms with Crippen LogP contribution in [0.1, 0.15) is 5.69 Å². The molecule has 27 heavy (non-hydrogen) atoms. The van der Waals surface area contributed by atoms with Gasteiger partial charge in [-0.2, -0.15) is 18.3 Å². The maximum Gasteiger partial charge on any atom is 0.433 e. The van der Waals surface area contributed by atoms with Gasteiger partial charge in [0.1, 0.15) is 5.69 Å². The first kappa shape index (κ1) is 17.2. The molecule has 0 amide bonds. The number of hydrogen-bond acceptors (Lipinski definition) is 7. The predicted molar refractivity (Wildman–Crippen MR) is 90.6 cm³/mol. The predicted octanol–water partition coefficient (Wildman–Crippen LogP) is 1.80. The SMILES string of the molecule is FC(F)(F)c1ccnc(N2CCN(c3ccc(-n4cccn4)nn3)CC2)n1. The molecule has 0 aliphatic carbocycles. The quantitative estimate of drug-likeness (QED) is 0.690. The molecule has 0 radical (unpaired) electrons. The molecule has 1 fully saturated rings. The molecule has 11 heteroatoms. The largest absolute Gasteiger partial charge is 0.433 e. The molecule has 3 aromatic rings. The first-order valence-corrected chi connectivity index (χ1v) is 8.24. The molecule has 4 heterocycles. The zero-order valence-corrected chi connectivity index (χ0v) is 14.1. The molecule has 8 nitrogen and oxygen atoms in total. The van der Waals surface area contributed by atoms with E-state index in [9.17, 15) is 13.2 Å². The van der Waals surface area contributed by atoms with Crippen molar-refractivity contribution in [3.8, 4) is 5.82 Å². The van der Waals surface area contributed by atoms with Crippen molar-refractivity contribution in [2.24, 2.45) is 0 Å². The fraction of sp³-hybridized carbons (Fsp3) is 0.312. The van der Waals surface area contributed by atoms with Crippen molar-refractivity contribution in [3.63, 3.8) is 0 Å². The Morgan fingerprint density at radius 1 is 0.852 bits per heavy atom. The fourth-order valence-corrected chi connectivity index (χ4v) is 2.81. The lowest BCUT2D eigenvalue weighted by Crippen LogP contribution is -2.47. The first-order chi connectivity index (χ1) is 13.0. The average Bonchev–Trinajstić information content (AvgIpc) is 3.23. The summed E-state index contributed by atoms with van der Waals surface area (Å²) in [5.41, 5.74) is -0.935. The van der Waals surface area contributed by atoms with Crippen LogP contribution in [-0.2, 0) is 6.18 Å². The Kier molecular flexibility index (Phi) is 4.34. The number of hydrogen-bond donors (Lipinski definition) is 0. The van der Waals surface area contributed by atoms with Gasteiger partial charge in [0.25, 0.3) is 0 Å². The lowest BCUT2D eigenvalue weighted by atomic mass is 10.3. The van der Waals surface area contributed by atoms with Gasteiger partial charge in [0, 0.05) is 44.8 Å². The van der Waals surface area contributed by atoms with Crippen LogP contribution < -0.4 is 9.80 Å². The fourth-order valence-electron chi connectivity index (χ4n) is 2.81. The molecule has 0 spiro atoms. The van der Waals surface area contributed by atoms with Crippen molar-refractivity contribution in [1.29, 1.82) is 0 Å². The normalized spacial score (nSPS) is 15.2. The van der Waals surface area contributed by atoms with Crippen LogP contribution in [0.3, 0.4) is 0 Å². The second-order valence-electron chi connectivity index (χ2n) is 5.91. The van der Waals surface area contributed by atoms with E-state index in [1.807, 2.05) is 17.0 Å². The van der Waals surface area contributed by atoms with Crippen LogP contribution in [0.4, 0.5) is 24.9 Å². The van der Waals surface area contributed by atoms with Gasteiger partial charge in [-0.3, -0.25) is 0 Å². The first-order valence-electron chi connectivity index (χ1n) is 8.24. The Labute approximate surface area is 152 Å². The molecule has 1 saturated heterocycles. The summed E-state index contributed by atoms with van der Waals surface area (Å²) in [5.74, 6) is 1.40. The summed E-state index contributed by atoms with van der Waals surface area (Å²) >= 11 is 0. The van der Waals surface area contributed by atoms with E-state index in [1.54, 1.807) is 28.0 Å². The Bertz CT molecular complexity index is 887. The molecule has 0 saturated carbocycles. The maximum absolute atomic E-state index is 12.8. The maximum atomic E-state index is 12.8. The molecule has 0 N–H and O–H groups in total. The number of nitrogens with zero attached hydrogens (tertiary/aromatic N) is 8. The molecule has 0 aromatic carbocycles. The minimum Gasteiger partial charge on any atom is -0.352 e. The molecule has 1 aliphatic heterocycles. The third-order valence-electron chi connectivity index (χ3n) is 4.20. The minimum atomic E-state index is -4.48. The molecular formula is C16H15F3N8. The van der Waals surface area contributed by atoms with Gasteiger partial charge in [0.05, 0.1) is 0 Å². The lowest BCUT2D eigenvalue weighted by Gasteiger charge is -2.35. The van der Waals surface area contributed by atoms with E-state index in [1.165, 1.54) is 0 Å². The zero-order chi connectivity index (χ0) is 18.9. The summed E-state index contributed by atoms with van der Waals surface area (Å²) in [5, 5.41) is 12.5. The highest BCUT2D eigenvalue weighted by Gasteiger charge is 2.33. The highest BCUT2D eigenvalue weighted by molar-refractivity contribution is 5.43. The number of aromatic nitrogens is 6. The third-order valence-corrected chi connectivity index (χ3v) is 4.20. The lowest BCUT2D eigenvalue weighted by molar-refractivity contribution is -0.141. The van der Waals surface area contributed by atoms with E-state index in [0.29, 0.717) is 37.8 Å². The molecule has 4 rings (SSSR count). The highest BCUT2D eigenvalue weighted by Crippen LogP contribution is 2.28. The molecule has 140 valence electrons. The van der Waals surface area contributed by atoms with Crippen molar-refractivity contribution in [2.45, 2.75) is 6.18 Å². The molecule has 0 unspecified atom stereocenters. The molecule has 0 bridgehead atoms. The second-order valence-corrected chi connectivity index (χ2v) is 5.91. The van der Waals surface area contributed by atoms with Gasteiger partial charge in [0.2, 0.25) is 5.95 Å². The Morgan fingerprint density at radius 2 is 1.56 bits per heavy atom. The second kappa shape index (κ2) is 6.82. The minimum absolute atomic E-state index is 0.0876. The molecular weight excluding hydrogens is 361 g/mol. The smallest absolute Gasteiger partial charge is 0.352 e. The third kappa shape index (κ3) is 3.66. The zero-order valence-electron chi connectivity index (χ0n) is 14.1. The van der Waals surface area contributed by atoms with Crippen LogP contribution >= 0.6 is 0 Å². The van der Waals surface area contributed by atoms with E-state index in [2.05, 4.69) is 25.3 Å². The van der Waals surface area contributed by atoms with Gasteiger partial charge in [-0.25, -0.2) is 14.6 Å². The van der Waals surface area contributed by atoms with Gasteiger partial charge < -0.3 is 9.80 Å². The van der Waals surface area contributed by atoms with Crippen LogP contribution in [0, 0.1) is 0 Å². The van der Waals surface area contributed by atoms with Gasteiger partial charge in [-0.05, 0) is 24.3 Å². The van der Waals surface area contributed by atoms with Gasteiger partial charge in [-0.15, -0.1) is 10.2 Å². The van der Waals surface area contributed by atoms with Crippen molar-refractivity contribution in [1.82, 2.24) is 29.9 Å². The average molecular weight is 376 g/mol. The highest BCUT2D eigenvalue weighted by atomic mass is 19.4. The summed E-state index contributed by atoms with van der Waals surface area (Å²) in [7, 11) is 0. The van der Waals surface area contributed by atoms with Crippen molar-refractivity contribution in [2.75, 3.05) is 36.0 Å². The summed E-state index contributed by atoms with van der Waals surface area (Å²) in [6.07, 6.45) is 0.0879. The summed E-state index contributed by atoms with van der Waals surface area (Å²) in [6, 6.07) is 6.33. The van der Waals surface area contributed by atoms with Gasteiger partial charge >= 0.3 is 6.18 Å². The number of anilines is 2. The number of alkyl halides is 3. The number of halogens is 3. The van der Waals surface area contributed by atoms with E-state index in [4.69, 9.17) is 0 Å². The van der Waals surface area contributed by atoms with Crippen LogP contribution in [0.2, 0.25) is 0 Å². The number of rotatable bonds is 3. The van der Waals surface area contributed by atoms with E-state index < -0.39 is 11.9 Å². The van der Waals surface area contributed by atoms with Gasteiger partial charge in [0.15, 0.2) is 11.6 Å². The van der Waals surface area contributed by atoms with E-state index in [-0.39, 0.29) is 5.95 Å². The van der Waals surface area contributed by atoms with Crippen LogP contribution in [0.5, 0.6) is 0 Å². The van der Waals surface area contributed by atoms with E-state index >= 15 is 0 Å². The van der Waals surface area contributed by atoms with Crippen molar-refractivity contribution in [3.05, 3.63) is 48.5 Å². The van der Waals surface area contributed by atoms with Gasteiger partial charge in [-0.1, -0.05) is 0 Å². The summed E-state index contributed by atoms with van der Waals surface area (Å²) in [6.45, 7) is 2.14.